The standard InChI is InChI=1S/C10H7NO4/c1-3-7-8(10(12)15-2)5-4-6-9(7)11(13)14/h1,4-6H,2H3. The Labute approximate surface area is 85.8 Å². The summed E-state index contributed by atoms with van der Waals surface area (Å²) < 4.78 is 4.46. The first kappa shape index (κ1) is 10.7. The number of rotatable bonds is 2. The molecule has 0 saturated carbocycles. The Kier molecular flexibility index (Phi) is 3.03. The van der Waals surface area contributed by atoms with Crippen LogP contribution in [0.15, 0.2) is 18.2 Å². The van der Waals surface area contributed by atoms with Gasteiger partial charge in [-0.3, -0.25) is 10.1 Å². The van der Waals surface area contributed by atoms with E-state index in [0.29, 0.717) is 0 Å². The smallest absolute Gasteiger partial charge is 0.339 e. The minimum absolute atomic E-state index is 0.0224. The lowest BCUT2D eigenvalue weighted by atomic mass is 10.1. The Bertz CT molecular complexity index is 459. The number of esters is 1. The highest BCUT2D eigenvalue weighted by Crippen LogP contribution is 2.21. The first-order chi connectivity index (χ1) is 7.11. The minimum atomic E-state index is -0.688. The molecule has 1 aromatic carbocycles. The zero-order valence-corrected chi connectivity index (χ0v) is 7.89. The zero-order valence-electron chi connectivity index (χ0n) is 7.89. The van der Waals surface area contributed by atoms with Gasteiger partial charge in [-0.2, -0.15) is 0 Å². The molecule has 0 aliphatic heterocycles. The SMILES string of the molecule is C#Cc1c(C(=O)OC)cccc1[N+](=O)[O-]. The third-order valence-electron chi connectivity index (χ3n) is 1.79. The van der Waals surface area contributed by atoms with Crippen molar-refractivity contribution in [2.24, 2.45) is 0 Å². The normalized spacial score (nSPS) is 9.07. The summed E-state index contributed by atoms with van der Waals surface area (Å²) in [4.78, 5) is 21.2. The van der Waals surface area contributed by atoms with E-state index < -0.39 is 10.9 Å². The molecule has 0 aliphatic carbocycles. The molecule has 0 bridgehead atoms. The Morgan fingerprint density at radius 2 is 2.27 bits per heavy atom. The molecule has 0 aromatic heterocycles. The lowest BCUT2D eigenvalue weighted by Gasteiger charge is -2.02. The second-order valence-electron chi connectivity index (χ2n) is 2.59. The number of nitro groups is 1. The quantitative estimate of drug-likeness (QED) is 0.316. The number of terminal acetylenes is 1. The van der Waals surface area contributed by atoms with Crippen molar-refractivity contribution in [2.45, 2.75) is 0 Å². The first-order valence-corrected chi connectivity index (χ1v) is 3.94. The summed E-state index contributed by atoms with van der Waals surface area (Å²) in [5, 5.41) is 10.6. The Hall–Kier alpha value is -2.35. The van der Waals surface area contributed by atoms with Crippen molar-refractivity contribution in [3.8, 4) is 12.3 Å². The molecule has 1 aromatic rings. The second kappa shape index (κ2) is 4.24. The summed E-state index contributed by atoms with van der Waals surface area (Å²) in [6.45, 7) is 0. The third kappa shape index (κ3) is 1.94. The van der Waals surface area contributed by atoms with Gasteiger partial charge in [-0.1, -0.05) is 12.0 Å². The maximum Gasteiger partial charge on any atom is 0.339 e. The summed E-state index contributed by atoms with van der Waals surface area (Å²) in [6, 6.07) is 4.00. The van der Waals surface area contributed by atoms with Gasteiger partial charge in [0.05, 0.1) is 17.6 Å². The summed E-state index contributed by atoms with van der Waals surface area (Å²) in [6.07, 6.45) is 5.12. The topological polar surface area (TPSA) is 69.4 Å². The highest BCUT2D eigenvalue weighted by atomic mass is 16.6. The predicted molar refractivity (Wildman–Crippen MR) is 52.4 cm³/mol. The molecule has 5 nitrogen and oxygen atoms in total. The van der Waals surface area contributed by atoms with Gasteiger partial charge in [0.25, 0.3) is 5.69 Å². The molecule has 0 amide bonds. The van der Waals surface area contributed by atoms with Crippen LogP contribution in [0.25, 0.3) is 0 Å². The van der Waals surface area contributed by atoms with Crippen LogP contribution in [0, 0.1) is 22.5 Å². The number of methoxy groups -OCH3 is 1. The van der Waals surface area contributed by atoms with Gasteiger partial charge in [-0.15, -0.1) is 6.42 Å². The molecule has 0 radical (unpaired) electrons. The first-order valence-electron chi connectivity index (χ1n) is 3.94. The van der Waals surface area contributed by atoms with Gasteiger partial charge in [-0.25, -0.2) is 4.79 Å². The van der Waals surface area contributed by atoms with Crippen LogP contribution >= 0.6 is 0 Å². The highest BCUT2D eigenvalue weighted by molar-refractivity contribution is 5.93. The van der Waals surface area contributed by atoms with Crippen molar-refractivity contribution in [2.75, 3.05) is 7.11 Å². The fourth-order valence-corrected chi connectivity index (χ4v) is 1.12. The van der Waals surface area contributed by atoms with Crippen LogP contribution in [0.5, 0.6) is 0 Å². The van der Waals surface area contributed by atoms with Crippen molar-refractivity contribution < 1.29 is 14.5 Å². The van der Waals surface area contributed by atoms with E-state index in [2.05, 4.69) is 10.7 Å². The molecule has 0 atom stereocenters. The fraction of sp³-hybridized carbons (Fsp3) is 0.100. The lowest BCUT2D eigenvalue weighted by Crippen LogP contribution is -2.06. The van der Waals surface area contributed by atoms with Gasteiger partial charge in [-0.05, 0) is 6.07 Å². The summed E-state index contributed by atoms with van der Waals surface area (Å²) >= 11 is 0. The molecule has 0 unspecified atom stereocenters. The molecule has 76 valence electrons. The average molecular weight is 205 g/mol. The Balaban J connectivity index is 3.43. The molecular weight excluding hydrogens is 198 g/mol. The second-order valence-corrected chi connectivity index (χ2v) is 2.59. The molecule has 0 N–H and O–H groups in total. The van der Waals surface area contributed by atoms with Gasteiger partial charge in [0.2, 0.25) is 0 Å². The fourth-order valence-electron chi connectivity index (χ4n) is 1.12. The van der Waals surface area contributed by atoms with Gasteiger partial charge in [0, 0.05) is 6.07 Å². The Morgan fingerprint density at radius 3 is 2.73 bits per heavy atom. The van der Waals surface area contributed by atoms with Crippen molar-refractivity contribution in [1.82, 2.24) is 0 Å². The van der Waals surface area contributed by atoms with E-state index >= 15 is 0 Å². The number of hydrogen-bond donors (Lipinski definition) is 0. The Morgan fingerprint density at radius 1 is 1.60 bits per heavy atom. The summed E-state index contributed by atoms with van der Waals surface area (Å²) in [7, 11) is 1.18. The lowest BCUT2D eigenvalue weighted by molar-refractivity contribution is -0.385. The number of carbonyl (C=O) groups is 1. The molecule has 1 rings (SSSR count). The predicted octanol–water partition coefficient (Wildman–Crippen LogP) is 1.36. The monoisotopic (exact) mass is 205 g/mol. The van der Waals surface area contributed by atoms with Crippen LogP contribution in [0.3, 0.4) is 0 Å². The van der Waals surface area contributed by atoms with Crippen LogP contribution in [-0.2, 0) is 4.74 Å². The number of ether oxygens (including phenoxy) is 1. The van der Waals surface area contributed by atoms with Crippen LogP contribution in [0.1, 0.15) is 15.9 Å². The highest BCUT2D eigenvalue weighted by Gasteiger charge is 2.20. The van der Waals surface area contributed by atoms with E-state index in [9.17, 15) is 14.9 Å². The van der Waals surface area contributed by atoms with Gasteiger partial charge < -0.3 is 4.74 Å². The van der Waals surface area contributed by atoms with Crippen molar-refractivity contribution >= 4 is 11.7 Å². The van der Waals surface area contributed by atoms with Crippen LogP contribution < -0.4 is 0 Å². The van der Waals surface area contributed by atoms with Gasteiger partial charge in [0.1, 0.15) is 5.56 Å². The van der Waals surface area contributed by atoms with Crippen molar-refractivity contribution in [3.05, 3.63) is 39.4 Å². The zero-order chi connectivity index (χ0) is 11.4. The van der Waals surface area contributed by atoms with E-state index in [-0.39, 0.29) is 16.8 Å². The van der Waals surface area contributed by atoms with Crippen LogP contribution in [0.2, 0.25) is 0 Å². The van der Waals surface area contributed by atoms with Crippen LogP contribution in [-0.4, -0.2) is 18.0 Å². The minimum Gasteiger partial charge on any atom is -0.465 e. The number of carbonyl (C=O) groups excluding carboxylic acids is 1. The number of hydrogen-bond acceptors (Lipinski definition) is 4. The van der Waals surface area contributed by atoms with Crippen LogP contribution in [0.4, 0.5) is 5.69 Å². The molecule has 0 heterocycles. The van der Waals surface area contributed by atoms with Gasteiger partial charge >= 0.3 is 5.97 Å². The molecule has 15 heavy (non-hydrogen) atoms. The number of nitrogens with zero attached hydrogens (tertiary/aromatic N) is 1. The van der Waals surface area contributed by atoms with E-state index in [1.807, 2.05) is 0 Å². The summed E-state index contributed by atoms with van der Waals surface area (Å²) in [5.74, 6) is 1.43. The number of nitro benzene ring substituents is 1. The number of benzene rings is 1. The van der Waals surface area contributed by atoms with E-state index in [1.54, 1.807) is 0 Å². The molecule has 0 saturated heterocycles. The van der Waals surface area contributed by atoms with Crippen molar-refractivity contribution in [3.63, 3.8) is 0 Å². The molecule has 0 aliphatic rings. The molecule has 0 fully saturated rings. The van der Waals surface area contributed by atoms with Crippen molar-refractivity contribution in [1.29, 1.82) is 0 Å². The third-order valence-corrected chi connectivity index (χ3v) is 1.79. The van der Waals surface area contributed by atoms with E-state index in [0.717, 1.165) is 0 Å². The maximum atomic E-state index is 11.2. The largest absolute Gasteiger partial charge is 0.465 e. The molecule has 0 spiro atoms. The molecular formula is C10H7NO4. The average Bonchev–Trinajstić information content (AvgIpc) is 2.26. The van der Waals surface area contributed by atoms with E-state index in [4.69, 9.17) is 6.42 Å². The molecule has 5 heteroatoms. The summed E-state index contributed by atoms with van der Waals surface area (Å²) in [5.41, 5.74) is -0.316. The van der Waals surface area contributed by atoms with E-state index in [1.165, 1.54) is 25.3 Å². The maximum absolute atomic E-state index is 11.2. The van der Waals surface area contributed by atoms with Gasteiger partial charge in [0.15, 0.2) is 0 Å².